The molecule has 3 aromatic rings. The third-order valence-corrected chi connectivity index (χ3v) is 5.42. The van der Waals surface area contributed by atoms with E-state index in [0.717, 1.165) is 11.5 Å². The van der Waals surface area contributed by atoms with Gasteiger partial charge in [0.05, 0.1) is 17.6 Å². The lowest BCUT2D eigenvalue weighted by atomic mass is 10.3. The molecule has 140 valence electrons. The number of rotatable bonds is 8. The lowest BCUT2D eigenvalue weighted by molar-refractivity contribution is -0.144. The van der Waals surface area contributed by atoms with E-state index in [1.807, 2.05) is 66.9 Å². The van der Waals surface area contributed by atoms with Crippen molar-refractivity contribution in [2.45, 2.75) is 35.8 Å². The Morgan fingerprint density at radius 2 is 1.67 bits per heavy atom. The van der Waals surface area contributed by atoms with Gasteiger partial charge in [-0.3, -0.25) is 9.36 Å². The van der Waals surface area contributed by atoms with E-state index in [4.69, 9.17) is 4.74 Å². The average molecular weight is 400 g/mol. The third kappa shape index (κ3) is 5.61. The van der Waals surface area contributed by atoms with Gasteiger partial charge in [0, 0.05) is 10.6 Å². The van der Waals surface area contributed by atoms with Crippen molar-refractivity contribution in [2.24, 2.45) is 0 Å². The number of thioether (sulfide) groups is 2. The van der Waals surface area contributed by atoms with E-state index < -0.39 is 0 Å². The molecule has 1 heterocycles. The molecule has 0 saturated carbocycles. The van der Waals surface area contributed by atoms with Gasteiger partial charge in [0.1, 0.15) is 5.82 Å². The first-order valence-corrected chi connectivity index (χ1v) is 10.6. The summed E-state index contributed by atoms with van der Waals surface area (Å²) in [6, 6.07) is 20.1. The van der Waals surface area contributed by atoms with Crippen molar-refractivity contribution in [1.82, 2.24) is 14.8 Å². The zero-order valence-corrected chi connectivity index (χ0v) is 16.9. The van der Waals surface area contributed by atoms with Crippen molar-refractivity contribution in [3.8, 4) is 5.69 Å². The van der Waals surface area contributed by atoms with Crippen LogP contribution in [0.3, 0.4) is 0 Å². The average Bonchev–Trinajstić information content (AvgIpc) is 3.08. The summed E-state index contributed by atoms with van der Waals surface area (Å²) in [6.45, 7) is 3.68. The molecule has 0 N–H and O–H groups in total. The number of para-hydroxylation sites is 1. The monoisotopic (exact) mass is 399 g/mol. The minimum absolute atomic E-state index is 0.122. The number of hydrogen-bond acceptors (Lipinski definition) is 6. The van der Waals surface area contributed by atoms with Gasteiger partial charge in [0.25, 0.3) is 0 Å². The number of carbonyl (C=O) groups is 1. The molecule has 0 spiro atoms. The summed E-state index contributed by atoms with van der Waals surface area (Å²) < 4.78 is 7.21. The molecular formula is C20H21N3O2S2. The van der Waals surface area contributed by atoms with E-state index >= 15 is 0 Å². The topological polar surface area (TPSA) is 57.0 Å². The molecule has 3 rings (SSSR count). The lowest BCUT2D eigenvalue weighted by Crippen LogP contribution is -2.13. The fourth-order valence-corrected chi connectivity index (χ4v) is 3.99. The van der Waals surface area contributed by atoms with Gasteiger partial charge in [0.2, 0.25) is 0 Å². The quantitative estimate of drug-likeness (QED) is 0.407. The summed E-state index contributed by atoms with van der Waals surface area (Å²) in [7, 11) is 0. The Morgan fingerprint density at radius 1 is 1.00 bits per heavy atom. The van der Waals surface area contributed by atoms with Gasteiger partial charge >= 0.3 is 5.97 Å². The maximum atomic E-state index is 11.9. The highest BCUT2D eigenvalue weighted by Gasteiger charge is 2.17. The zero-order chi connectivity index (χ0) is 19.1. The standard InChI is InChI=1S/C20H21N3O2S2/c1-15(2)25-19(24)14-27-20-22-21-18(13-26-17-11-7-4-8-12-17)23(20)16-9-5-3-6-10-16/h3-12,15H,13-14H2,1-2H3. The molecule has 0 aliphatic carbocycles. The van der Waals surface area contributed by atoms with Crippen molar-refractivity contribution in [1.29, 1.82) is 0 Å². The van der Waals surface area contributed by atoms with Crippen LogP contribution in [0.4, 0.5) is 0 Å². The Kier molecular flexibility index (Phi) is 6.95. The maximum Gasteiger partial charge on any atom is 0.316 e. The first kappa shape index (κ1) is 19.5. The highest BCUT2D eigenvalue weighted by atomic mass is 32.2. The second-order valence-corrected chi connectivity index (χ2v) is 7.99. The smallest absolute Gasteiger partial charge is 0.316 e. The number of esters is 1. The van der Waals surface area contributed by atoms with Crippen LogP contribution in [0.25, 0.3) is 5.69 Å². The number of hydrogen-bond donors (Lipinski definition) is 0. The molecular weight excluding hydrogens is 378 g/mol. The van der Waals surface area contributed by atoms with E-state index in [-0.39, 0.29) is 17.8 Å². The van der Waals surface area contributed by atoms with E-state index in [9.17, 15) is 4.79 Å². The molecule has 0 aliphatic heterocycles. The molecule has 0 fully saturated rings. The Balaban J connectivity index is 1.79. The van der Waals surface area contributed by atoms with Crippen LogP contribution in [-0.2, 0) is 15.3 Å². The van der Waals surface area contributed by atoms with E-state index in [1.165, 1.54) is 16.7 Å². The Labute approximate surface area is 167 Å². The molecule has 0 bridgehead atoms. The second kappa shape index (κ2) is 9.62. The predicted octanol–water partition coefficient (Wildman–Crippen LogP) is 4.60. The summed E-state index contributed by atoms with van der Waals surface area (Å²) in [6.07, 6.45) is -0.122. The van der Waals surface area contributed by atoms with Crippen molar-refractivity contribution < 1.29 is 9.53 Å². The van der Waals surface area contributed by atoms with Crippen LogP contribution < -0.4 is 0 Å². The van der Waals surface area contributed by atoms with Gasteiger partial charge in [-0.15, -0.1) is 22.0 Å². The fraction of sp³-hybridized carbons (Fsp3) is 0.250. The van der Waals surface area contributed by atoms with E-state index in [0.29, 0.717) is 10.9 Å². The van der Waals surface area contributed by atoms with Crippen LogP contribution in [0, 0.1) is 0 Å². The van der Waals surface area contributed by atoms with Crippen molar-refractivity contribution in [2.75, 3.05) is 5.75 Å². The van der Waals surface area contributed by atoms with Gasteiger partial charge in [-0.2, -0.15) is 0 Å². The van der Waals surface area contributed by atoms with Crippen LogP contribution in [0.5, 0.6) is 0 Å². The minimum Gasteiger partial charge on any atom is -0.462 e. The molecule has 7 heteroatoms. The Morgan fingerprint density at radius 3 is 2.33 bits per heavy atom. The SMILES string of the molecule is CC(C)OC(=O)CSc1nnc(CSc2ccccc2)n1-c1ccccc1. The van der Waals surface area contributed by atoms with Crippen LogP contribution in [0.2, 0.25) is 0 Å². The fourth-order valence-electron chi connectivity index (χ4n) is 2.41. The van der Waals surface area contributed by atoms with Crippen LogP contribution >= 0.6 is 23.5 Å². The van der Waals surface area contributed by atoms with Gasteiger partial charge < -0.3 is 4.74 Å². The molecule has 5 nitrogen and oxygen atoms in total. The van der Waals surface area contributed by atoms with Crippen LogP contribution in [0.1, 0.15) is 19.7 Å². The zero-order valence-electron chi connectivity index (χ0n) is 15.2. The van der Waals surface area contributed by atoms with Gasteiger partial charge in [-0.05, 0) is 38.1 Å². The van der Waals surface area contributed by atoms with Crippen LogP contribution in [-0.4, -0.2) is 32.6 Å². The van der Waals surface area contributed by atoms with E-state index in [1.54, 1.807) is 11.8 Å². The summed E-state index contributed by atoms with van der Waals surface area (Å²) in [5.41, 5.74) is 0.978. The molecule has 1 aromatic heterocycles. The number of benzene rings is 2. The first-order valence-electron chi connectivity index (χ1n) is 8.63. The van der Waals surface area contributed by atoms with Crippen molar-refractivity contribution >= 4 is 29.5 Å². The van der Waals surface area contributed by atoms with Gasteiger partial charge in [-0.1, -0.05) is 48.2 Å². The number of nitrogens with zero attached hydrogens (tertiary/aromatic N) is 3. The van der Waals surface area contributed by atoms with Crippen molar-refractivity contribution in [3.63, 3.8) is 0 Å². The minimum atomic E-state index is -0.252. The molecule has 0 atom stereocenters. The number of aromatic nitrogens is 3. The summed E-state index contributed by atoms with van der Waals surface area (Å²) in [5, 5.41) is 9.36. The second-order valence-electron chi connectivity index (χ2n) is 6.00. The number of carbonyl (C=O) groups excluding carboxylic acids is 1. The molecule has 2 aromatic carbocycles. The number of ether oxygens (including phenoxy) is 1. The molecule has 0 aliphatic rings. The molecule has 0 unspecified atom stereocenters. The third-order valence-electron chi connectivity index (χ3n) is 3.51. The molecule has 0 amide bonds. The summed E-state index contributed by atoms with van der Waals surface area (Å²) in [5.74, 6) is 1.48. The lowest BCUT2D eigenvalue weighted by Gasteiger charge is -2.11. The van der Waals surface area contributed by atoms with Gasteiger partial charge in [-0.25, -0.2) is 0 Å². The highest BCUT2D eigenvalue weighted by Crippen LogP contribution is 2.27. The highest BCUT2D eigenvalue weighted by molar-refractivity contribution is 7.99. The van der Waals surface area contributed by atoms with Gasteiger partial charge in [0.15, 0.2) is 5.16 Å². The first-order chi connectivity index (χ1) is 13.1. The van der Waals surface area contributed by atoms with Crippen LogP contribution in [0.15, 0.2) is 70.7 Å². The Hall–Kier alpha value is -2.25. The largest absolute Gasteiger partial charge is 0.462 e. The molecule has 27 heavy (non-hydrogen) atoms. The Bertz CT molecular complexity index is 867. The summed E-state index contributed by atoms with van der Waals surface area (Å²) in [4.78, 5) is 13.1. The summed E-state index contributed by atoms with van der Waals surface area (Å²) >= 11 is 3.04. The van der Waals surface area contributed by atoms with Crippen molar-refractivity contribution in [3.05, 3.63) is 66.5 Å². The predicted molar refractivity (Wildman–Crippen MR) is 109 cm³/mol. The maximum absolute atomic E-state index is 11.9. The molecule has 0 saturated heterocycles. The van der Waals surface area contributed by atoms with E-state index in [2.05, 4.69) is 22.3 Å². The normalized spacial score (nSPS) is 10.9. The molecule has 0 radical (unpaired) electrons.